The van der Waals surface area contributed by atoms with Gasteiger partial charge in [0.1, 0.15) is 11.6 Å². The molecule has 0 saturated heterocycles. The van der Waals surface area contributed by atoms with E-state index in [1.54, 1.807) is 0 Å². The molecule has 0 N–H and O–H groups in total. The lowest BCUT2D eigenvalue weighted by Crippen LogP contribution is -2.25. The van der Waals surface area contributed by atoms with Crippen LogP contribution in [0.2, 0.25) is 0 Å². The molecule has 4 nitrogen and oxygen atoms in total. The van der Waals surface area contributed by atoms with E-state index in [9.17, 15) is 14.0 Å². The number of halogens is 1. The predicted octanol–water partition coefficient (Wildman–Crippen LogP) is 6.18. The highest BCUT2D eigenvalue weighted by molar-refractivity contribution is 5.81. The summed E-state index contributed by atoms with van der Waals surface area (Å²) >= 11 is 0. The van der Waals surface area contributed by atoms with E-state index in [4.69, 9.17) is 0 Å². The third kappa shape index (κ3) is 7.47. The highest BCUT2D eigenvalue weighted by Gasteiger charge is 2.30. The van der Waals surface area contributed by atoms with Gasteiger partial charge in [0, 0.05) is 31.1 Å². The van der Waals surface area contributed by atoms with Gasteiger partial charge in [-0.1, -0.05) is 6.92 Å². The maximum Gasteiger partial charge on any atom is 0.136 e. The van der Waals surface area contributed by atoms with E-state index in [0.717, 1.165) is 75.6 Å². The summed E-state index contributed by atoms with van der Waals surface area (Å²) in [6.45, 7) is 1.62. The lowest BCUT2D eigenvalue weighted by molar-refractivity contribution is -0.125. The Kier molecular flexibility index (Phi) is 9.60. The van der Waals surface area contributed by atoms with E-state index in [0.29, 0.717) is 55.0 Å². The summed E-state index contributed by atoms with van der Waals surface area (Å²) in [6.07, 6.45) is 12.9. The Morgan fingerprint density at radius 1 is 0.968 bits per heavy atom. The van der Waals surface area contributed by atoms with Crippen LogP contribution in [0.25, 0.3) is 0 Å². The van der Waals surface area contributed by atoms with Gasteiger partial charge in [0.2, 0.25) is 0 Å². The monoisotopic (exact) mass is 430 g/mol. The highest BCUT2D eigenvalue weighted by atomic mass is 19.1. The third-order valence-corrected chi connectivity index (χ3v) is 7.59. The van der Waals surface area contributed by atoms with Crippen LogP contribution in [-0.2, 0) is 16.0 Å². The molecule has 0 atom stereocenters. The number of carbonyl (C=O) groups is 2. The molecule has 0 spiro atoms. The lowest BCUT2D eigenvalue weighted by Gasteiger charge is -2.31. The molecule has 1 aromatic rings. The van der Waals surface area contributed by atoms with Gasteiger partial charge in [-0.2, -0.15) is 10.2 Å². The number of hydrogen-bond donors (Lipinski definition) is 0. The SMILES string of the molecule is CCC(=O)CC[C@H]1CC[C@H](C(=O)C[C@H]2CC[C@H](c3ccc(CCCF)nn3)CC2)CC1. The predicted molar refractivity (Wildman–Crippen MR) is 121 cm³/mol. The van der Waals surface area contributed by atoms with Crippen molar-refractivity contribution in [1.82, 2.24) is 10.2 Å². The summed E-state index contributed by atoms with van der Waals surface area (Å²) in [5.41, 5.74) is 1.92. The Morgan fingerprint density at radius 2 is 1.68 bits per heavy atom. The summed E-state index contributed by atoms with van der Waals surface area (Å²) < 4.78 is 12.3. The number of Topliss-reactive ketones (excluding diaryl/α,β-unsaturated/α-hetero) is 2. The molecular formula is C26H39FN2O2. The van der Waals surface area contributed by atoms with Gasteiger partial charge in [-0.25, -0.2) is 0 Å². The van der Waals surface area contributed by atoms with Gasteiger partial charge in [0.05, 0.1) is 18.1 Å². The highest BCUT2D eigenvalue weighted by Crippen LogP contribution is 2.38. The van der Waals surface area contributed by atoms with Gasteiger partial charge >= 0.3 is 0 Å². The molecule has 0 amide bonds. The standard InChI is InChI=1S/C26H39FN2O2/c1-2-24(30)15-9-19-5-12-22(13-6-19)26(31)18-20-7-10-21(11-8-20)25-16-14-23(28-29-25)4-3-17-27/h14,16,19-22H,2-13,15,17-18H2,1H3/t19-,20-,21-,22-. The van der Waals surface area contributed by atoms with Crippen molar-refractivity contribution in [3.63, 3.8) is 0 Å². The van der Waals surface area contributed by atoms with Gasteiger partial charge < -0.3 is 0 Å². The Balaban J connectivity index is 1.36. The Labute approximate surface area is 186 Å². The minimum atomic E-state index is -0.312. The van der Waals surface area contributed by atoms with Crippen molar-refractivity contribution in [3.8, 4) is 0 Å². The fourth-order valence-electron chi connectivity index (χ4n) is 5.40. The van der Waals surface area contributed by atoms with Gasteiger partial charge in [0.25, 0.3) is 0 Å². The fraction of sp³-hybridized carbons (Fsp3) is 0.769. The number of nitrogens with zero attached hydrogens (tertiary/aromatic N) is 2. The van der Waals surface area contributed by atoms with Crippen LogP contribution in [0.1, 0.15) is 108 Å². The molecule has 3 rings (SSSR count). The molecule has 2 fully saturated rings. The molecule has 0 unspecified atom stereocenters. The second kappa shape index (κ2) is 12.4. The topological polar surface area (TPSA) is 59.9 Å². The van der Waals surface area contributed by atoms with Crippen molar-refractivity contribution in [3.05, 3.63) is 23.5 Å². The normalized spacial score (nSPS) is 26.5. The first-order valence-corrected chi connectivity index (χ1v) is 12.5. The Bertz CT molecular complexity index is 690. The van der Waals surface area contributed by atoms with Crippen LogP contribution < -0.4 is 0 Å². The molecular weight excluding hydrogens is 391 g/mol. The molecule has 0 aliphatic heterocycles. The number of aryl methyl sites for hydroxylation is 1. The molecule has 5 heteroatoms. The Morgan fingerprint density at radius 3 is 2.29 bits per heavy atom. The van der Waals surface area contributed by atoms with Gasteiger partial charge in [-0.05, 0) is 94.6 Å². The number of hydrogen-bond acceptors (Lipinski definition) is 4. The molecule has 0 radical (unpaired) electrons. The van der Waals surface area contributed by atoms with Crippen LogP contribution in [-0.4, -0.2) is 28.4 Å². The van der Waals surface area contributed by atoms with Gasteiger partial charge in [0.15, 0.2) is 0 Å². The summed E-state index contributed by atoms with van der Waals surface area (Å²) in [6, 6.07) is 4.05. The number of alkyl halides is 1. The number of carbonyl (C=O) groups excluding carboxylic acids is 2. The van der Waals surface area contributed by atoms with E-state index in [-0.39, 0.29) is 12.6 Å². The van der Waals surface area contributed by atoms with Crippen molar-refractivity contribution in [2.24, 2.45) is 17.8 Å². The molecule has 31 heavy (non-hydrogen) atoms. The van der Waals surface area contributed by atoms with Gasteiger partial charge in [-0.15, -0.1) is 0 Å². The van der Waals surface area contributed by atoms with Crippen molar-refractivity contribution >= 4 is 11.6 Å². The minimum Gasteiger partial charge on any atom is -0.300 e. The first-order chi connectivity index (χ1) is 15.1. The van der Waals surface area contributed by atoms with E-state index >= 15 is 0 Å². The van der Waals surface area contributed by atoms with Crippen molar-refractivity contribution in [1.29, 1.82) is 0 Å². The quantitative estimate of drug-likeness (QED) is 0.421. The van der Waals surface area contributed by atoms with Crippen LogP contribution in [0.15, 0.2) is 12.1 Å². The molecule has 0 aromatic carbocycles. The second-order valence-electron chi connectivity index (χ2n) is 9.78. The zero-order chi connectivity index (χ0) is 22.1. The molecule has 2 aliphatic rings. The zero-order valence-electron chi connectivity index (χ0n) is 19.2. The first-order valence-electron chi connectivity index (χ1n) is 12.5. The summed E-state index contributed by atoms with van der Waals surface area (Å²) in [5, 5.41) is 8.66. The Hall–Kier alpha value is -1.65. The lowest BCUT2D eigenvalue weighted by atomic mass is 9.74. The average molecular weight is 431 g/mol. The van der Waals surface area contributed by atoms with Crippen molar-refractivity contribution in [2.45, 2.75) is 103 Å². The second-order valence-corrected chi connectivity index (χ2v) is 9.78. The summed E-state index contributed by atoms with van der Waals surface area (Å²) in [4.78, 5) is 24.4. The molecule has 2 aliphatic carbocycles. The van der Waals surface area contributed by atoms with Gasteiger partial charge in [-0.3, -0.25) is 14.0 Å². The van der Waals surface area contributed by atoms with Crippen molar-refractivity contribution in [2.75, 3.05) is 6.67 Å². The summed E-state index contributed by atoms with van der Waals surface area (Å²) in [5.74, 6) is 2.69. The number of ketones is 2. The summed E-state index contributed by atoms with van der Waals surface area (Å²) in [7, 11) is 0. The third-order valence-electron chi connectivity index (χ3n) is 7.59. The first kappa shape index (κ1) is 24.0. The van der Waals surface area contributed by atoms with E-state index < -0.39 is 0 Å². The average Bonchev–Trinajstić information content (AvgIpc) is 2.82. The molecule has 2 saturated carbocycles. The number of rotatable bonds is 11. The van der Waals surface area contributed by atoms with Crippen LogP contribution in [0.5, 0.6) is 0 Å². The molecule has 1 heterocycles. The smallest absolute Gasteiger partial charge is 0.136 e. The molecule has 1 aromatic heterocycles. The van der Waals surface area contributed by atoms with E-state index in [2.05, 4.69) is 16.3 Å². The minimum absolute atomic E-state index is 0.249. The van der Waals surface area contributed by atoms with E-state index in [1.165, 1.54) is 0 Å². The maximum absolute atomic E-state index is 12.9. The number of aromatic nitrogens is 2. The molecule has 172 valence electrons. The van der Waals surface area contributed by atoms with Crippen molar-refractivity contribution < 1.29 is 14.0 Å². The zero-order valence-corrected chi connectivity index (χ0v) is 19.2. The largest absolute Gasteiger partial charge is 0.300 e. The van der Waals surface area contributed by atoms with Crippen LogP contribution >= 0.6 is 0 Å². The fourth-order valence-corrected chi connectivity index (χ4v) is 5.40. The van der Waals surface area contributed by atoms with Crippen LogP contribution in [0, 0.1) is 17.8 Å². The van der Waals surface area contributed by atoms with Crippen LogP contribution in [0.3, 0.4) is 0 Å². The molecule has 0 bridgehead atoms. The van der Waals surface area contributed by atoms with E-state index in [1.807, 2.05) is 13.0 Å². The maximum atomic E-state index is 12.9. The van der Waals surface area contributed by atoms with Crippen LogP contribution in [0.4, 0.5) is 4.39 Å².